The smallest absolute Gasteiger partial charge is 0.339 e. The third-order valence-corrected chi connectivity index (χ3v) is 2.59. The lowest BCUT2D eigenvalue weighted by atomic mass is 10.2. The van der Waals surface area contributed by atoms with Crippen LogP contribution in [0.25, 0.3) is 0 Å². The molecule has 0 saturated heterocycles. The summed E-state index contributed by atoms with van der Waals surface area (Å²) >= 11 is 3.20. The van der Waals surface area contributed by atoms with Crippen molar-refractivity contribution in [3.05, 3.63) is 22.3 Å². The highest BCUT2D eigenvalue weighted by Gasteiger charge is 2.11. The molecule has 0 saturated carbocycles. The Labute approximate surface area is 109 Å². The Morgan fingerprint density at radius 1 is 1.53 bits per heavy atom. The number of pyridine rings is 1. The molecule has 1 aromatic heterocycles. The Bertz CT molecular complexity index is 385. The van der Waals surface area contributed by atoms with Crippen LogP contribution < -0.4 is 10.6 Å². The number of carboxylic acid groups (broad SMARTS) is 1. The summed E-state index contributed by atoms with van der Waals surface area (Å²) in [5.41, 5.74) is 0.183. The minimum absolute atomic E-state index is 0.183. The van der Waals surface area contributed by atoms with Gasteiger partial charge in [0, 0.05) is 17.2 Å². The van der Waals surface area contributed by atoms with Crippen LogP contribution >= 0.6 is 15.9 Å². The summed E-state index contributed by atoms with van der Waals surface area (Å²) in [7, 11) is 0. The van der Waals surface area contributed by atoms with Gasteiger partial charge in [-0.05, 0) is 41.5 Å². The Kier molecular flexibility index (Phi) is 5.93. The molecule has 0 radical (unpaired) electrons. The van der Waals surface area contributed by atoms with Crippen molar-refractivity contribution in [1.29, 1.82) is 0 Å². The van der Waals surface area contributed by atoms with E-state index < -0.39 is 5.97 Å². The Morgan fingerprint density at radius 3 is 2.94 bits per heavy atom. The number of nitrogens with zero attached hydrogens (tertiary/aromatic N) is 1. The maximum absolute atomic E-state index is 11.0. The molecule has 1 aromatic rings. The molecule has 0 fully saturated rings. The summed E-state index contributed by atoms with van der Waals surface area (Å²) in [5, 5.41) is 15.2. The number of halogens is 1. The molecule has 0 aliphatic rings. The van der Waals surface area contributed by atoms with Crippen LogP contribution in [0.15, 0.2) is 16.7 Å². The van der Waals surface area contributed by atoms with E-state index in [1.54, 1.807) is 12.3 Å². The standard InChI is InChI=1S/C11H16BrN3O2/c1-2-13-4-3-5-14-10-9(11(16)17)6-8(12)7-15-10/h6-7,13H,2-5H2,1H3,(H,14,15)(H,16,17). The largest absolute Gasteiger partial charge is 0.478 e. The third kappa shape index (κ3) is 4.70. The van der Waals surface area contributed by atoms with Crippen LogP contribution in [0.2, 0.25) is 0 Å². The summed E-state index contributed by atoms with van der Waals surface area (Å²) in [6.07, 6.45) is 2.50. The number of hydrogen-bond donors (Lipinski definition) is 3. The van der Waals surface area contributed by atoms with Crippen LogP contribution in [0, 0.1) is 0 Å². The SMILES string of the molecule is CCNCCCNc1ncc(Br)cc1C(=O)O. The van der Waals surface area contributed by atoms with Gasteiger partial charge in [0.05, 0.1) is 0 Å². The van der Waals surface area contributed by atoms with Crippen molar-refractivity contribution in [2.24, 2.45) is 0 Å². The van der Waals surface area contributed by atoms with E-state index in [-0.39, 0.29) is 5.56 Å². The van der Waals surface area contributed by atoms with E-state index in [0.717, 1.165) is 19.5 Å². The fourth-order valence-electron chi connectivity index (χ4n) is 1.34. The third-order valence-electron chi connectivity index (χ3n) is 2.16. The van der Waals surface area contributed by atoms with E-state index in [2.05, 4.69) is 31.5 Å². The summed E-state index contributed by atoms with van der Waals surface area (Å²) < 4.78 is 0.660. The molecule has 0 amide bonds. The van der Waals surface area contributed by atoms with Gasteiger partial charge in [-0.25, -0.2) is 9.78 Å². The van der Waals surface area contributed by atoms with Gasteiger partial charge in [0.25, 0.3) is 0 Å². The fourth-order valence-corrected chi connectivity index (χ4v) is 1.67. The lowest BCUT2D eigenvalue weighted by Crippen LogP contribution is -2.18. The van der Waals surface area contributed by atoms with Gasteiger partial charge in [0.1, 0.15) is 11.4 Å². The zero-order chi connectivity index (χ0) is 12.7. The number of carbonyl (C=O) groups is 1. The Hall–Kier alpha value is -1.14. The van der Waals surface area contributed by atoms with E-state index in [4.69, 9.17) is 5.11 Å². The van der Waals surface area contributed by atoms with Crippen LogP contribution in [-0.4, -0.2) is 35.7 Å². The van der Waals surface area contributed by atoms with E-state index in [1.807, 2.05) is 6.92 Å². The first-order valence-corrected chi connectivity index (χ1v) is 6.28. The van der Waals surface area contributed by atoms with E-state index in [0.29, 0.717) is 16.8 Å². The van der Waals surface area contributed by atoms with Gasteiger partial charge >= 0.3 is 5.97 Å². The van der Waals surface area contributed by atoms with Crippen molar-refractivity contribution in [2.45, 2.75) is 13.3 Å². The normalized spacial score (nSPS) is 10.2. The van der Waals surface area contributed by atoms with Crippen molar-refractivity contribution in [3.63, 3.8) is 0 Å². The average molecular weight is 302 g/mol. The van der Waals surface area contributed by atoms with Crippen molar-refractivity contribution >= 4 is 27.7 Å². The number of aromatic carboxylic acids is 1. The maximum Gasteiger partial charge on any atom is 0.339 e. The molecule has 1 heterocycles. The number of hydrogen-bond acceptors (Lipinski definition) is 4. The average Bonchev–Trinajstić information content (AvgIpc) is 2.30. The summed E-state index contributed by atoms with van der Waals surface area (Å²) in [5.74, 6) is -0.565. The van der Waals surface area contributed by atoms with E-state index in [1.165, 1.54) is 0 Å². The minimum Gasteiger partial charge on any atom is -0.478 e. The van der Waals surface area contributed by atoms with E-state index >= 15 is 0 Å². The zero-order valence-corrected chi connectivity index (χ0v) is 11.2. The van der Waals surface area contributed by atoms with Gasteiger partial charge in [-0.1, -0.05) is 6.92 Å². The molecule has 3 N–H and O–H groups in total. The molecule has 0 atom stereocenters. The molecule has 0 aromatic carbocycles. The molecule has 0 aliphatic carbocycles. The summed E-state index contributed by atoms with van der Waals surface area (Å²) in [4.78, 5) is 15.1. The minimum atomic E-state index is -0.979. The molecule has 94 valence electrons. The van der Waals surface area contributed by atoms with Crippen molar-refractivity contribution in [3.8, 4) is 0 Å². The quantitative estimate of drug-likeness (QED) is 0.671. The molecule has 6 heteroatoms. The second-order valence-corrected chi connectivity index (χ2v) is 4.40. The van der Waals surface area contributed by atoms with Gasteiger partial charge in [-0.2, -0.15) is 0 Å². The predicted molar refractivity (Wildman–Crippen MR) is 70.5 cm³/mol. The van der Waals surface area contributed by atoms with Crippen LogP contribution in [-0.2, 0) is 0 Å². The lowest BCUT2D eigenvalue weighted by molar-refractivity contribution is 0.0697. The Balaban J connectivity index is 2.55. The first-order valence-electron chi connectivity index (χ1n) is 5.48. The van der Waals surface area contributed by atoms with Crippen LogP contribution in [0.3, 0.4) is 0 Å². The van der Waals surface area contributed by atoms with Gasteiger partial charge in [0.2, 0.25) is 0 Å². The molecule has 0 spiro atoms. The highest BCUT2D eigenvalue weighted by Crippen LogP contribution is 2.17. The van der Waals surface area contributed by atoms with Crippen molar-refractivity contribution in [1.82, 2.24) is 10.3 Å². The molecule has 5 nitrogen and oxygen atoms in total. The van der Waals surface area contributed by atoms with Gasteiger partial charge in [0.15, 0.2) is 0 Å². The number of aromatic nitrogens is 1. The van der Waals surface area contributed by atoms with Crippen molar-refractivity contribution in [2.75, 3.05) is 25.0 Å². The zero-order valence-electron chi connectivity index (χ0n) is 9.66. The molecule has 0 aliphatic heterocycles. The van der Waals surface area contributed by atoms with Gasteiger partial charge in [-0.3, -0.25) is 0 Å². The summed E-state index contributed by atoms with van der Waals surface area (Å²) in [6, 6.07) is 1.54. The number of carboxylic acids is 1. The highest BCUT2D eigenvalue weighted by atomic mass is 79.9. The van der Waals surface area contributed by atoms with Gasteiger partial charge < -0.3 is 15.7 Å². The first-order chi connectivity index (χ1) is 8.15. The van der Waals surface area contributed by atoms with Crippen molar-refractivity contribution < 1.29 is 9.90 Å². The number of nitrogens with one attached hydrogen (secondary N) is 2. The lowest BCUT2D eigenvalue weighted by Gasteiger charge is -2.08. The molecular formula is C11H16BrN3O2. The fraction of sp³-hybridized carbons (Fsp3) is 0.455. The van der Waals surface area contributed by atoms with E-state index in [9.17, 15) is 4.79 Å². The molecule has 0 bridgehead atoms. The topological polar surface area (TPSA) is 74.2 Å². The number of rotatable bonds is 7. The maximum atomic E-state index is 11.0. The molecule has 1 rings (SSSR count). The monoisotopic (exact) mass is 301 g/mol. The van der Waals surface area contributed by atoms with Gasteiger partial charge in [-0.15, -0.1) is 0 Å². The van der Waals surface area contributed by atoms with Crippen LogP contribution in [0.4, 0.5) is 5.82 Å². The number of anilines is 1. The second kappa shape index (κ2) is 7.24. The molecule has 17 heavy (non-hydrogen) atoms. The highest BCUT2D eigenvalue weighted by molar-refractivity contribution is 9.10. The molecular weight excluding hydrogens is 286 g/mol. The first kappa shape index (κ1) is 13.9. The molecule has 0 unspecified atom stereocenters. The van der Waals surface area contributed by atoms with Crippen LogP contribution in [0.5, 0.6) is 0 Å². The predicted octanol–water partition coefficient (Wildman–Crippen LogP) is 1.95. The second-order valence-electron chi connectivity index (χ2n) is 3.49. The van der Waals surface area contributed by atoms with Crippen LogP contribution in [0.1, 0.15) is 23.7 Å². The summed E-state index contributed by atoms with van der Waals surface area (Å²) in [6.45, 7) is 4.59. The Morgan fingerprint density at radius 2 is 2.29 bits per heavy atom.